The smallest absolute Gasteiger partial charge is 0.352 e. The van der Waals surface area contributed by atoms with Crippen molar-refractivity contribution < 1.29 is 34.8 Å². The van der Waals surface area contributed by atoms with Crippen molar-refractivity contribution in [3.05, 3.63) is 23.0 Å². The summed E-state index contributed by atoms with van der Waals surface area (Å²) in [7, 11) is 0. The summed E-state index contributed by atoms with van der Waals surface area (Å²) in [5.74, 6) is -4.66. The van der Waals surface area contributed by atoms with Gasteiger partial charge in [-0.2, -0.15) is 0 Å². The second-order valence-electron chi connectivity index (χ2n) is 2.86. The molecule has 1 unspecified atom stereocenters. The van der Waals surface area contributed by atoms with Crippen LogP contribution in [0.25, 0.3) is 0 Å². The van der Waals surface area contributed by atoms with Gasteiger partial charge in [0.05, 0.1) is 11.3 Å². The van der Waals surface area contributed by atoms with Crippen molar-refractivity contribution in [1.29, 1.82) is 0 Å². The minimum Gasteiger partial charge on any atom is -0.479 e. The predicted molar refractivity (Wildman–Crippen MR) is 47.3 cm³/mol. The van der Waals surface area contributed by atoms with Gasteiger partial charge in [0.15, 0.2) is 6.10 Å². The number of carbonyl (C=O) groups is 3. The second-order valence-corrected chi connectivity index (χ2v) is 2.86. The van der Waals surface area contributed by atoms with Crippen LogP contribution in [-0.4, -0.2) is 43.3 Å². The highest BCUT2D eigenvalue weighted by Crippen LogP contribution is 2.19. The third-order valence-corrected chi connectivity index (χ3v) is 1.82. The topological polar surface area (TPSA) is 148 Å². The fraction of sp³-hybridized carbons (Fsp3) is 0.125. The van der Waals surface area contributed by atoms with Gasteiger partial charge in [0.2, 0.25) is 0 Å². The number of aliphatic hydroxyl groups is 1. The van der Waals surface area contributed by atoms with E-state index in [2.05, 4.69) is 0 Å². The summed E-state index contributed by atoms with van der Waals surface area (Å²) in [4.78, 5) is 33.7. The predicted octanol–water partition coefficient (Wildman–Crippen LogP) is -0.471. The molecule has 0 radical (unpaired) electrons. The zero-order valence-electron chi connectivity index (χ0n) is 7.67. The van der Waals surface area contributed by atoms with Crippen molar-refractivity contribution in [3.8, 4) is 0 Å². The zero-order valence-corrected chi connectivity index (χ0v) is 7.67. The molecule has 16 heavy (non-hydrogen) atoms. The lowest BCUT2D eigenvalue weighted by molar-refractivity contribution is -0.147. The molecule has 5 N–H and O–H groups in total. The highest BCUT2D eigenvalue weighted by Gasteiger charge is 2.26. The van der Waals surface area contributed by atoms with E-state index in [0.717, 1.165) is 6.07 Å². The molecule has 1 aromatic rings. The maximum atomic E-state index is 10.7. The maximum Gasteiger partial charge on any atom is 0.352 e. The highest BCUT2D eigenvalue weighted by atomic mass is 16.4. The third-order valence-electron chi connectivity index (χ3n) is 1.82. The van der Waals surface area contributed by atoms with Crippen LogP contribution >= 0.6 is 0 Å². The van der Waals surface area contributed by atoms with Crippen molar-refractivity contribution >= 4 is 17.9 Å². The molecule has 0 aliphatic rings. The van der Waals surface area contributed by atoms with Crippen molar-refractivity contribution in [3.63, 3.8) is 0 Å². The molecule has 0 saturated heterocycles. The van der Waals surface area contributed by atoms with Gasteiger partial charge in [-0.25, -0.2) is 14.4 Å². The minimum atomic E-state index is -2.11. The minimum absolute atomic E-state index is 0.507. The Morgan fingerprint density at radius 3 is 2.06 bits per heavy atom. The van der Waals surface area contributed by atoms with Crippen LogP contribution in [0.5, 0.6) is 0 Å². The first-order valence-electron chi connectivity index (χ1n) is 3.95. The molecule has 0 saturated carbocycles. The van der Waals surface area contributed by atoms with E-state index >= 15 is 0 Å². The van der Waals surface area contributed by atoms with Crippen LogP contribution < -0.4 is 0 Å². The second kappa shape index (κ2) is 4.03. The number of carboxylic acid groups (broad SMARTS) is 3. The Bertz CT molecular complexity index is 461. The number of aliphatic hydroxyl groups excluding tert-OH is 1. The van der Waals surface area contributed by atoms with E-state index in [1.54, 1.807) is 0 Å². The summed E-state index contributed by atoms with van der Waals surface area (Å²) in [5.41, 5.74) is -1.67. The maximum absolute atomic E-state index is 10.7. The summed E-state index contributed by atoms with van der Waals surface area (Å²) >= 11 is 0. The first kappa shape index (κ1) is 11.7. The molecule has 1 atom stereocenters. The average molecular weight is 229 g/mol. The molecule has 0 spiro atoms. The Balaban J connectivity index is 3.30. The molecule has 0 aliphatic carbocycles. The van der Waals surface area contributed by atoms with Crippen molar-refractivity contribution in [2.24, 2.45) is 0 Å². The summed E-state index contributed by atoms with van der Waals surface area (Å²) in [5, 5.41) is 34.9. The van der Waals surface area contributed by atoms with Crippen LogP contribution in [-0.2, 0) is 4.79 Å². The Labute approximate surface area is 87.8 Å². The summed E-state index contributed by atoms with van der Waals surface area (Å²) in [6.07, 6.45) is -2.11. The molecule has 0 aromatic carbocycles. The van der Waals surface area contributed by atoms with E-state index in [1.807, 2.05) is 4.98 Å². The molecule has 8 nitrogen and oxygen atoms in total. The van der Waals surface area contributed by atoms with E-state index in [1.165, 1.54) is 0 Å². The van der Waals surface area contributed by atoms with Gasteiger partial charge in [-0.1, -0.05) is 0 Å². The Morgan fingerprint density at radius 2 is 1.69 bits per heavy atom. The fourth-order valence-corrected chi connectivity index (χ4v) is 1.10. The fourth-order valence-electron chi connectivity index (χ4n) is 1.10. The van der Waals surface area contributed by atoms with Crippen LogP contribution in [0.2, 0.25) is 0 Å². The summed E-state index contributed by atoms with van der Waals surface area (Å²) in [6.45, 7) is 0. The molecule has 1 rings (SSSR count). The van der Waals surface area contributed by atoms with Crippen LogP contribution in [0.15, 0.2) is 6.07 Å². The number of rotatable bonds is 4. The Hall–Kier alpha value is -2.35. The largest absolute Gasteiger partial charge is 0.479 e. The van der Waals surface area contributed by atoms with Crippen LogP contribution in [0.3, 0.4) is 0 Å². The number of hydrogen-bond donors (Lipinski definition) is 5. The lowest BCUT2D eigenvalue weighted by atomic mass is 10.1. The lowest BCUT2D eigenvalue weighted by Gasteiger charge is -2.03. The molecular weight excluding hydrogens is 222 g/mol. The molecule has 86 valence electrons. The molecule has 8 heteroatoms. The normalized spacial score (nSPS) is 12.1. The van der Waals surface area contributed by atoms with Crippen molar-refractivity contribution in [1.82, 2.24) is 4.98 Å². The van der Waals surface area contributed by atoms with Gasteiger partial charge < -0.3 is 25.4 Å². The zero-order chi connectivity index (χ0) is 12.5. The third kappa shape index (κ3) is 2.01. The molecule has 0 bridgehead atoms. The Morgan fingerprint density at radius 1 is 1.12 bits per heavy atom. The van der Waals surface area contributed by atoms with Gasteiger partial charge in [-0.3, -0.25) is 0 Å². The molecular formula is C8H7NO7. The van der Waals surface area contributed by atoms with E-state index in [-0.39, 0.29) is 0 Å². The summed E-state index contributed by atoms with van der Waals surface area (Å²) < 4.78 is 0. The first-order chi connectivity index (χ1) is 7.34. The number of aromatic nitrogens is 1. The van der Waals surface area contributed by atoms with Crippen LogP contribution in [0, 0.1) is 0 Å². The monoisotopic (exact) mass is 229 g/mol. The van der Waals surface area contributed by atoms with Gasteiger partial charge in [-0.15, -0.1) is 0 Å². The van der Waals surface area contributed by atoms with Crippen molar-refractivity contribution in [2.45, 2.75) is 6.10 Å². The molecule has 0 fully saturated rings. The number of carboxylic acids is 3. The number of aromatic amines is 1. The number of H-pyrrole nitrogens is 1. The molecule has 1 aromatic heterocycles. The molecule has 1 heterocycles. The van der Waals surface area contributed by atoms with Gasteiger partial charge in [-0.05, 0) is 6.07 Å². The molecule has 0 aliphatic heterocycles. The van der Waals surface area contributed by atoms with E-state index < -0.39 is 41.0 Å². The van der Waals surface area contributed by atoms with Crippen LogP contribution in [0.1, 0.15) is 32.6 Å². The van der Waals surface area contributed by atoms with E-state index in [9.17, 15) is 14.4 Å². The van der Waals surface area contributed by atoms with Crippen molar-refractivity contribution in [2.75, 3.05) is 0 Å². The lowest BCUT2D eigenvalue weighted by Crippen LogP contribution is -2.14. The number of aromatic carboxylic acids is 2. The number of nitrogens with one attached hydrogen (secondary N) is 1. The van der Waals surface area contributed by atoms with E-state index in [4.69, 9.17) is 20.4 Å². The number of aliphatic carboxylic acids is 1. The summed E-state index contributed by atoms with van der Waals surface area (Å²) in [6, 6.07) is 0.742. The van der Waals surface area contributed by atoms with Gasteiger partial charge in [0, 0.05) is 0 Å². The van der Waals surface area contributed by atoms with Gasteiger partial charge in [0.1, 0.15) is 5.69 Å². The quantitative estimate of drug-likeness (QED) is 0.468. The standard InChI is InChI=1S/C8H7NO7/c10-5(8(15)16)4-2(6(11)12)1-3(9-4)7(13)14/h1,5,9-10H,(H,11,12)(H,13,14)(H,15,16). The Kier molecular flexibility index (Phi) is 2.95. The van der Waals surface area contributed by atoms with E-state index in [0.29, 0.717) is 0 Å². The van der Waals surface area contributed by atoms with Gasteiger partial charge >= 0.3 is 17.9 Å². The first-order valence-corrected chi connectivity index (χ1v) is 3.95. The molecule has 0 amide bonds. The van der Waals surface area contributed by atoms with Gasteiger partial charge in [0.25, 0.3) is 0 Å². The number of hydrogen-bond acceptors (Lipinski definition) is 4. The SMILES string of the molecule is O=C(O)c1cc(C(=O)O)c(C(O)C(=O)O)[nH]1. The van der Waals surface area contributed by atoms with Crippen LogP contribution in [0.4, 0.5) is 0 Å². The highest BCUT2D eigenvalue weighted by molar-refractivity contribution is 5.95. The average Bonchev–Trinajstić information content (AvgIpc) is 2.60.